The molecule has 1 fully saturated rings. The normalized spacial score (nSPS) is 13.6. The molecular formula is C20H22Cl2N2O5S. The lowest BCUT2D eigenvalue weighted by molar-refractivity contribution is 0.192. The van der Waals surface area contributed by atoms with Crippen molar-refractivity contribution in [3.8, 4) is 11.5 Å². The van der Waals surface area contributed by atoms with E-state index in [4.69, 9.17) is 32.1 Å². The molecule has 0 spiro atoms. The van der Waals surface area contributed by atoms with Gasteiger partial charge in [-0.05, 0) is 55.7 Å². The van der Waals surface area contributed by atoms with Crippen LogP contribution in [0.1, 0.15) is 25.3 Å². The van der Waals surface area contributed by atoms with Gasteiger partial charge < -0.3 is 19.1 Å². The molecule has 1 aliphatic rings. The Hall–Kier alpha value is -2.16. The SMILES string of the molecule is CCNC(=O)N(Cc1ccc(OC)c(OS(=O)(=O)c2ccc(Cl)c(Cl)c2)c1)C1CC1. The van der Waals surface area contributed by atoms with Crippen LogP contribution in [0.5, 0.6) is 11.5 Å². The number of carbonyl (C=O) groups is 1. The maximum atomic E-state index is 12.7. The van der Waals surface area contributed by atoms with Crippen LogP contribution in [-0.4, -0.2) is 39.0 Å². The van der Waals surface area contributed by atoms with Crippen molar-refractivity contribution in [3.63, 3.8) is 0 Å². The highest BCUT2D eigenvalue weighted by atomic mass is 35.5. The summed E-state index contributed by atoms with van der Waals surface area (Å²) < 4.78 is 36.0. The smallest absolute Gasteiger partial charge is 0.339 e. The number of rotatable bonds is 8. The van der Waals surface area contributed by atoms with Crippen molar-refractivity contribution in [1.29, 1.82) is 0 Å². The molecule has 2 amide bonds. The van der Waals surface area contributed by atoms with E-state index in [1.165, 1.54) is 25.3 Å². The fourth-order valence-corrected chi connectivity index (χ4v) is 4.21. The van der Waals surface area contributed by atoms with Gasteiger partial charge in [-0.1, -0.05) is 29.3 Å². The van der Waals surface area contributed by atoms with E-state index in [-0.39, 0.29) is 38.5 Å². The number of carbonyl (C=O) groups excluding carboxylic acids is 1. The third-order valence-electron chi connectivity index (χ3n) is 4.54. The summed E-state index contributed by atoms with van der Waals surface area (Å²) >= 11 is 11.8. The first-order valence-corrected chi connectivity index (χ1v) is 11.5. The van der Waals surface area contributed by atoms with Crippen molar-refractivity contribution in [1.82, 2.24) is 10.2 Å². The molecule has 2 aromatic rings. The Morgan fingerprint density at radius 2 is 1.87 bits per heavy atom. The first kappa shape index (κ1) is 22.5. The second-order valence-corrected chi connectivity index (χ2v) is 9.15. The molecule has 0 radical (unpaired) electrons. The van der Waals surface area contributed by atoms with Crippen LogP contribution in [-0.2, 0) is 16.7 Å². The highest BCUT2D eigenvalue weighted by Crippen LogP contribution is 2.34. The Morgan fingerprint density at radius 3 is 2.47 bits per heavy atom. The third-order valence-corrected chi connectivity index (χ3v) is 6.51. The maximum absolute atomic E-state index is 12.7. The zero-order valence-corrected chi connectivity index (χ0v) is 18.9. The minimum absolute atomic E-state index is 0.0210. The Kier molecular flexibility index (Phi) is 7.00. The molecule has 1 saturated carbocycles. The van der Waals surface area contributed by atoms with Gasteiger partial charge in [-0.25, -0.2) is 4.79 Å². The summed E-state index contributed by atoms with van der Waals surface area (Å²) in [4.78, 5) is 14.0. The zero-order valence-electron chi connectivity index (χ0n) is 16.5. The molecule has 1 aliphatic carbocycles. The monoisotopic (exact) mass is 472 g/mol. The molecule has 0 aromatic heterocycles. The molecular weight excluding hydrogens is 451 g/mol. The van der Waals surface area contributed by atoms with Crippen LogP contribution < -0.4 is 14.2 Å². The molecule has 1 N–H and O–H groups in total. The standard InChI is InChI=1S/C20H22Cl2N2O5S/c1-3-23-20(25)24(14-5-6-14)12-13-4-9-18(28-2)19(10-13)29-30(26,27)15-7-8-16(21)17(22)11-15/h4,7-11,14H,3,5-6,12H2,1-2H3,(H,23,25). The quantitative estimate of drug-likeness (QED) is 0.573. The number of hydrogen-bond acceptors (Lipinski definition) is 5. The maximum Gasteiger partial charge on any atom is 0.339 e. The Morgan fingerprint density at radius 1 is 1.13 bits per heavy atom. The van der Waals surface area contributed by atoms with Gasteiger partial charge in [0, 0.05) is 19.1 Å². The number of halogens is 2. The third kappa shape index (κ3) is 5.30. The van der Waals surface area contributed by atoms with Crippen molar-refractivity contribution >= 4 is 39.4 Å². The molecule has 7 nitrogen and oxygen atoms in total. The number of nitrogens with one attached hydrogen (secondary N) is 1. The van der Waals surface area contributed by atoms with E-state index in [0.717, 1.165) is 12.8 Å². The van der Waals surface area contributed by atoms with E-state index in [1.807, 2.05) is 6.92 Å². The Labute approximate surface area is 186 Å². The number of ether oxygens (including phenoxy) is 1. The molecule has 162 valence electrons. The Balaban J connectivity index is 1.87. The lowest BCUT2D eigenvalue weighted by Gasteiger charge is -2.23. The number of methoxy groups -OCH3 is 1. The van der Waals surface area contributed by atoms with Gasteiger partial charge in [0.1, 0.15) is 4.90 Å². The van der Waals surface area contributed by atoms with E-state index in [0.29, 0.717) is 18.7 Å². The van der Waals surface area contributed by atoms with Crippen LogP contribution in [0.15, 0.2) is 41.3 Å². The number of nitrogens with zero attached hydrogens (tertiary/aromatic N) is 1. The van der Waals surface area contributed by atoms with Gasteiger partial charge >= 0.3 is 16.1 Å². The highest BCUT2D eigenvalue weighted by Gasteiger charge is 2.32. The fraction of sp³-hybridized carbons (Fsp3) is 0.350. The predicted octanol–water partition coefficient (Wildman–Crippen LogP) is 4.46. The van der Waals surface area contributed by atoms with Gasteiger partial charge in [0.25, 0.3) is 0 Å². The lowest BCUT2D eigenvalue weighted by Crippen LogP contribution is -2.40. The molecule has 0 saturated heterocycles. The van der Waals surface area contributed by atoms with Gasteiger partial charge in [0.15, 0.2) is 11.5 Å². The number of amides is 2. The highest BCUT2D eigenvalue weighted by molar-refractivity contribution is 7.87. The molecule has 0 unspecified atom stereocenters. The topological polar surface area (TPSA) is 84.9 Å². The lowest BCUT2D eigenvalue weighted by atomic mass is 10.2. The molecule has 10 heteroatoms. The average Bonchev–Trinajstić information content (AvgIpc) is 3.53. The largest absolute Gasteiger partial charge is 0.493 e. The number of hydrogen-bond donors (Lipinski definition) is 1. The molecule has 30 heavy (non-hydrogen) atoms. The van der Waals surface area contributed by atoms with Gasteiger partial charge in [0.2, 0.25) is 0 Å². The van der Waals surface area contributed by atoms with Crippen LogP contribution in [0.3, 0.4) is 0 Å². The van der Waals surface area contributed by atoms with Crippen LogP contribution in [0, 0.1) is 0 Å². The van der Waals surface area contributed by atoms with E-state index in [2.05, 4.69) is 5.32 Å². The van der Waals surface area contributed by atoms with Gasteiger partial charge in [-0.15, -0.1) is 0 Å². The van der Waals surface area contributed by atoms with Crippen LogP contribution in [0.4, 0.5) is 4.79 Å². The molecule has 2 aromatic carbocycles. The zero-order chi connectivity index (χ0) is 21.9. The minimum atomic E-state index is -4.18. The fourth-order valence-electron chi connectivity index (χ4n) is 2.89. The summed E-state index contributed by atoms with van der Waals surface area (Å²) in [6, 6.07) is 8.88. The second-order valence-electron chi connectivity index (χ2n) is 6.79. The van der Waals surface area contributed by atoms with Crippen molar-refractivity contribution in [2.45, 2.75) is 37.2 Å². The van der Waals surface area contributed by atoms with Crippen LogP contribution in [0.2, 0.25) is 10.0 Å². The van der Waals surface area contributed by atoms with Crippen LogP contribution >= 0.6 is 23.2 Å². The van der Waals surface area contributed by atoms with Crippen molar-refractivity contribution in [3.05, 3.63) is 52.0 Å². The average molecular weight is 473 g/mol. The van der Waals surface area contributed by atoms with Gasteiger partial charge in [-0.2, -0.15) is 8.42 Å². The molecule has 0 bridgehead atoms. The van der Waals surface area contributed by atoms with E-state index < -0.39 is 10.1 Å². The summed E-state index contributed by atoms with van der Waals surface area (Å²) in [7, 11) is -2.76. The predicted molar refractivity (Wildman–Crippen MR) is 115 cm³/mol. The first-order valence-electron chi connectivity index (χ1n) is 9.36. The van der Waals surface area contributed by atoms with Crippen molar-refractivity contribution in [2.75, 3.05) is 13.7 Å². The van der Waals surface area contributed by atoms with Crippen molar-refractivity contribution in [2.24, 2.45) is 0 Å². The summed E-state index contributed by atoms with van der Waals surface area (Å²) in [6.45, 7) is 2.71. The van der Waals surface area contributed by atoms with Gasteiger partial charge in [0.05, 0.1) is 17.2 Å². The van der Waals surface area contributed by atoms with E-state index in [1.54, 1.807) is 23.1 Å². The molecule has 3 rings (SSSR count). The number of urea groups is 1. The summed E-state index contributed by atoms with van der Waals surface area (Å²) in [5.41, 5.74) is 0.716. The van der Waals surface area contributed by atoms with E-state index in [9.17, 15) is 13.2 Å². The van der Waals surface area contributed by atoms with Crippen molar-refractivity contribution < 1.29 is 22.1 Å². The number of benzene rings is 2. The Bertz CT molecular complexity index is 1040. The minimum Gasteiger partial charge on any atom is -0.493 e. The molecule has 0 atom stereocenters. The summed E-state index contributed by atoms with van der Waals surface area (Å²) in [5.74, 6) is 0.270. The van der Waals surface area contributed by atoms with Crippen LogP contribution in [0.25, 0.3) is 0 Å². The van der Waals surface area contributed by atoms with E-state index >= 15 is 0 Å². The molecule has 0 heterocycles. The summed E-state index contributed by atoms with van der Waals surface area (Å²) in [5, 5.41) is 3.14. The first-order chi connectivity index (χ1) is 14.2. The summed E-state index contributed by atoms with van der Waals surface area (Å²) in [6.07, 6.45) is 1.89. The van der Waals surface area contributed by atoms with Gasteiger partial charge in [-0.3, -0.25) is 0 Å². The molecule has 0 aliphatic heterocycles. The second kappa shape index (κ2) is 9.32.